The molecule has 512 valence electrons. The molecule has 0 fully saturated rings. The normalized spacial score (nSPS) is 15.0. The van der Waals surface area contributed by atoms with Crippen LogP contribution in [-0.4, -0.2) is 0 Å². The minimum absolute atomic E-state index is 0.809. The number of para-hydroxylation sites is 6. The summed E-state index contributed by atoms with van der Waals surface area (Å²) in [6, 6.07) is 139. The molecule has 2 unspecified atom stereocenters. The lowest BCUT2D eigenvalue weighted by Gasteiger charge is -2.51. The van der Waals surface area contributed by atoms with E-state index in [9.17, 15) is 0 Å². The average molecular weight is 1390 g/mol. The predicted molar refractivity (Wildman–Crippen MR) is 455 cm³/mol. The van der Waals surface area contributed by atoms with Crippen molar-refractivity contribution < 1.29 is 8.83 Å². The molecular weight excluding hydrogens is 1320 g/mol. The Labute approximate surface area is 631 Å². The smallest absolute Gasteiger partial charge is 0.159 e. The van der Waals surface area contributed by atoms with Gasteiger partial charge in [-0.2, -0.15) is 0 Å². The number of anilines is 6. The molecule has 4 nitrogen and oxygen atoms in total. The number of benzene rings is 18. The molecule has 2 heterocycles. The van der Waals surface area contributed by atoms with Gasteiger partial charge in [-0.05, 0) is 185 Å². The van der Waals surface area contributed by atoms with Crippen molar-refractivity contribution in [1.82, 2.24) is 0 Å². The average Bonchev–Trinajstić information content (AvgIpc) is 1.47. The molecule has 0 saturated heterocycles. The maximum Gasteiger partial charge on any atom is 0.159 e. The maximum atomic E-state index is 7.33. The predicted octanol–water partition coefficient (Wildman–Crippen LogP) is 28.6. The summed E-state index contributed by atoms with van der Waals surface area (Å²) in [5, 5.41) is 13.5. The highest BCUT2D eigenvalue weighted by molar-refractivity contribution is 6.22. The molecule has 2 atom stereocenters. The van der Waals surface area contributed by atoms with Crippen LogP contribution in [0.4, 0.5) is 34.1 Å². The Balaban J connectivity index is 0.964. The van der Waals surface area contributed by atoms with E-state index >= 15 is 0 Å². The van der Waals surface area contributed by atoms with Gasteiger partial charge in [0.15, 0.2) is 11.2 Å². The van der Waals surface area contributed by atoms with Crippen molar-refractivity contribution in [2.75, 3.05) is 9.80 Å². The standard InChI is InChI=1S/C105H70N2O2/c1-65-32-28-50-73(67(65)3)77-43-21-25-54-91(77)107(93-56-30-52-85-81-47-23-27-58-97(81)109-103(85)93)95-64-89-101(83-49-19-17-45-79(83)95)99-75-41-15-12-34-69(75)60-62-87(99)105(89,71-37-8-5-9-38-71)104(70-35-6-4-7-36-70)86-61-59-68-33-11-14-40-74(68)98(86)100-82-48-18-16-44-78(82)94(63-88(100)104)106(90-53-24-20-42-76(90)72-39-13-10-31-66(72)2)92-55-29-51-84-80-46-22-26-57-96(80)108-102(84)92/h4-64H,1-3H3. The molecule has 4 heteroatoms. The molecule has 0 amide bonds. The summed E-state index contributed by atoms with van der Waals surface area (Å²) in [6.07, 6.45) is 0. The van der Waals surface area contributed by atoms with E-state index in [0.29, 0.717) is 0 Å². The van der Waals surface area contributed by atoms with Gasteiger partial charge in [-0.3, -0.25) is 0 Å². The highest BCUT2D eigenvalue weighted by Crippen LogP contribution is 2.73. The third-order valence-corrected chi connectivity index (χ3v) is 24.3. The van der Waals surface area contributed by atoms with E-state index in [1.165, 1.54) is 88.3 Å². The van der Waals surface area contributed by atoms with E-state index < -0.39 is 10.8 Å². The Kier molecular flexibility index (Phi) is 13.8. The summed E-state index contributed by atoms with van der Waals surface area (Å²) in [6.45, 7) is 6.73. The minimum atomic E-state index is -1.14. The molecule has 0 bridgehead atoms. The van der Waals surface area contributed by atoms with Crippen LogP contribution in [0.5, 0.6) is 0 Å². The Morgan fingerprint density at radius 1 is 0.220 bits per heavy atom. The molecule has 0 N–H and O–H groups in total. The molecule has 2 aliphatic rings. The van der Waals surface area contributed by atoms with E-state index in [2.05, 4.69) is 401 Å². The summed E-state index contributed by atoms with van der Waals surface area (Å²) < 4.78 is 14.7. The minimum Gasteiger partial charge on any atom is -0.454 e. The third kappa shape index (κ3) is 8.77. The number of hydrogen-bond donors (Lipinski definition) is 0. The lowest BCUT2D eigenvalue weighted by molar-refractivity contribution is 0.438. The Bertz CT molecular complexity index is 7130. The molecule has 0 aliphatic heterocycles. The zero-order chi connectivity index (χ0) is 72.2. The lowest BCUT2D eigenvalue weighted by atomic mass is 9.49. The number of nitrogens with zero attached hydrogens (tertiary/aromatic N) is 2. The van der Waals surface area contributed by atoms with Crippen LogP contribution in [0.25, 0.3) is 131 Å². The monoisotopic (exact) mass is 1390 g/mol. The van der Waals surface area contributed by atoms with E-state index in [1.807, 2.05) is 0 Å². The van der Waals surface area contributed by atoms with Crippen molar-refractivity contribution in [2.45, 2.75) is 31.6 Å². The van der Waals surface area contributed by atoms with Gasteiger partial charge in [0.25, 0.3) is 0 Å². The molecule has 109 heavy (non-hydrogen) atoms. The van der Waals surface area contributed by atoms with Crippen molar-refractivity contribution in [2.24, 2.45) is 0 Å². The molecule has 0 saturated carbocycles. The lowest BCUT2D eigenvalue weighted by Crippen LogP contribution is -2.50. The first-order valence-electron chi connectivity index (χ1n) is 37.9. The largest absolute Gasteiger partial charge is 0.454 e. The zero-order valence-corrected chi connectivity index (χ0v) is 60.4. The summed E-state index contributed by atoms with van der Waals surface area (Å²) in [7, 11) is 0. The third-order valence-electron chi connectivity index (χ3n) is 24.3. The molecule has 2 aromatic heterocycles. The van der Waals surface area contributed by atoms with Gasteiger partial charge in [-0.15, -0.1) is 0 Å². The van der Waals surface area contributed by atoms with Crippen molar-refractivity contribution >= 4 is 121 Å². The first-order chi connectivity index (χ1) is 53.9. The molecule has 0 spiro atoms. The van der Waals surface area contributed by atoms with Crippen molar-refractivity contribution in [3.8, 4) is 44.5 Å². The zero-order valence-electron chi connectivity index (χ0n) is 60.4. The van der Waals surface area contributed by atoms with Crippen LogP contribution in [0, 0.1) is 20.8 Å². The van der Waals surface area contributed by atoms with Gasteiger partial charge in [0.05, 0.1) is 45.0 Å². The van der Waals surface area contributed by atoms with E-state index in [0.717, 1.165) is 127 Å². The number of rotatable bonds is 11. The second-order valence-corrected chi connectivity index (χ2v) is 29.6. The number of hydrogen-bond acceptors (Lipinski definition) is 4. The van der Waals surface area contributed by atoms with Crippen LogP contribution in [0.15, 0.2) is 379 Å². The number of furan rings is 2. The Hall–Kier alpha value is -13.8. The number of aryl methyl sites for hydroxylation is 2. The Morgan fingerprint density at radius 3 is 1.05 bits per heavy atom. The van der Waals surface area contributed by atoms with Gasteiger partial charge >= 0.3 is 0 Å². The number of fused-ring (bicyclic) bond motifs is 20. The summed E-state index contributed by atoms with van der Waals surface area (Å²) in [5.41, 5.74) is 27.2. The van der Waals surface area contributed by atoms with Crippen LogP contribution in [0.3, 0.4) is 0 Å². The van der Waals surface area contributed by atoms with Crippen LogP contribution < -0.4 is 9.80 Å². The first-order valence-corrected chi connectivity index (χ1v) is 37.9. The first kappa shape index (κ1) is 62.6. The van der Waals surface area contributed by atoms with Gasteiger partial charge < -0.3 is 18.6 Å². The van der Waals surface area contributed by atoms with Crippen LogP contribution in [0.1, 0.15) is 50.1 Å². The summed E-state index contributed by atoms with van der Waals surface area (Å²) in [4.78, 5) is 5.12. The molecular formula is C105H70N2O2. The van der Waals surface area contributed by atoms with E-state index in [-0.39, 0.29) is 0 Å². The van der Waals surface area contributed by atoms with Crippen LogP contribution in [-0.2, 0) is 10.8 Å². The van der Waals surface area contributed by atoms with Crippen molar-refractivity contribution in [3.05, 3.63) is 420 Å². The molecule has 20 aromatic rings. The second-order valence-electron chi connectivity index (χ2n) is 29.6. The van der Waals surface area contributed by atoms with Gasteiger partial charge in [-0.25, -0.2) is 0 Å². The van der Waals surface area contributed by atoms with Gasteiger partial charge in [0.1, 0.15) is 11.2 Å². The molecule has 0 radical (unpaired) electrons. The fraction of sp³-hybridized carbons (Fsp3) is 0.0476. The second kappa shape index (κ2) is 24.1. The molecule has 2 aliphatic carbocycles. The Morgan fingerprint density at radius 2 is 0.560 bits per heavy atom. The van der Waals surface area contributed by atoms with Gasteiger partial charge in [0.2, 0.25) is 0 Å². The van der Waals surface area contributed by atoms with Gasteiger partial charge in [-0.1, -0.05) is 322 Å². The SMILES string of the molecule is Cc1ccccc1-c1ccccc1N(c1cc2c(c3ccccc13)-c1c(ccc3ccccc13)C2(c1ccccc1)C1(c2ccccc2)c2ccc3ccccc3c2-c2c1cc(N(c1ccccc1-c1cccc(C)c1C)c1cccc3c1oc1ccccc13)c1ccccc21)c1cccc2c1oc1ccccc12. The van der Waals surface area contributed by atoms with E-state index in [4.69, 9.17) is 8.83 Å². The fourth-order valence-corrected chi connectivity index (χ4v) is 19.8. The van der Waals surface area contributed by atoms with Crippen molar-refractivity contribution in [1.29, 1.82) is 0 Å². The van der Waals surface area contributed by atoms with Crippen LogP contribution >= 0.6 is 0 Å². The molecule has 22 rings (SSSR count). The molecule has 18 aromatic carbocycles. The highest BCUT2D eigenvalue weighted by atomic mass is 16.3. The van der Waals surface area contributed by atoms with Gasteiger partial charge in [0, 0.05) is 43.4 Å². The van der Waals surface area contributed by atoms with Crippen LogP contribution in [0.2, 0.25) is 0 Å². The summed E-state index contributed by atoms with van der Waals surface area (Å²) in [5.74, 6) is 0. The topological polar surface area (TPSA) is 32.8 Å². The summed E-state index contributed by atoms with van der Waals surface area (Å²) >= 11 is 0. The highest BCUT2D eigenvalue weighted by Gasteiger charge is 2.65. The van der Waals surface area contributed by atoms with E-state index in [1.54, 1.807) is 0 Å². The maximum absolute atomic E-state index is 7.33. The van der Waals surface area contributed by atoms with Crippen molar-refractivity contribution in [3.63, 3.8) is 0 Å². The fourth-order valence-electron chi connectivity index (χ4n) is 19.8. The quantitative estimate of drug-likeness (QED) is 0.129.